The third-order valence-corrected chi connectivity index (χ3v) is 3.61. The molecule has 2 bridgehead atoms. The Morgan fingerprint density at radius 3 is 2.91 bits per heavy atom. The van der Waals surface area contributed by atoms with Crippen molar-refractivity contribution in [1.82, 2.24) is 0 Å². The van der Waals surface area contributed by atoms with Crippen LogP contribution in [0.25, 0.3) is 0 Å². The van der Waals surface area contributed by atoms with E-state index >= 15 is 0 Å². The lowest BCUT2D eigenvalue weighted by atomic mass is 9.94. The highest BCUT2D eigenvalue weighted by molar-refractivity contribution is 5.46. The Hall–Kier alpha value is -0.520. The molecule has 58 valence electrons. The molecule has 0 heterocycles. The van der Waals surface area contributed by atoms with Crippen molar-refractivity contribution in [3.05, 3.63) is 22.8 Å². The van der Waals surface area contributed by atoms with Gasteiger partial charge in [-0.05, 0) is 50.0 Å². The largest absolute Gasteiger partial charge is 0.0690 e. The van der Waals surface area contributed by atoms with Crippen LogP contribution in [0.5, 0.6) is 0 Å². The molecule has 0 heteroatoms. The van der Waals surface area contributed by atoms with E-state index < -0.39 is 0 Å². The molecule has 0 aromatic heterocycles. The first-order valence-electron chi connectivity index (χ1n) is 4.74. The molecule has 0 spiro atoms. The van der Waals surface area contributed by atoms with E-state index in [-0.39, 0.29) is 0 Å². The Kier molecular flexibility index (Phi) is 0.988. The molecular formula is C11H14. The van der Waals surface area contributed by atoms with Gasteiger partial charge in [-0.3, -0.25) is 0 Å². The van der Waals surface area contributed by atoms with Gasteiger partial charge in [0.05, 0.1) is 0 Å². The minimum Gasteiger partial charge on any atom is -0.0690 e. The minimum absolute atomic E-state index is 0.979. The Labute approximate surface area is 68.0 Å². The van der Waals surface area contributed by atoms with Crippen molar-refractivity contribution in [2.45, 2.75) is 32.6 Å². The first kappa shape index (κ1) is 6.05. The maximum atomic E-state index is 2.46. The average molecular weight is 146 g/mol. The Morgan fingerprint density at radius 2 is 2.09 bits per heavy atom. The molecule has 3 aliphatic rings. The summed E-state index contributed by atoms with van der Waals surface area (Å²) in [7, 11) is 0. The molecule has 11 heavy (non-hydrogen) atoms. The first-order chi connectivity index (χ1) is 5.34. The van der Waals surface area contributed by atoms with Crippen LogP contribution in [-0.4, -0.2) is 0 Å². The molecule has 3 rings (SSSR count). The highest BCUT2D eigenvalue weighted by Crippen LogP contribution is 2.53. The Morgan fingerprint density at radius 1 is 1.27 bits per heavy atom. The van der Waals surface area contributed by atoms with Crippen molar-refractivity contribution < 1.29 is 0 Å². The summed E-state index contributed by atoms with van der Waals surface area (Å²) in [5, 5.41) is 0. The molecule has 0 amide bonds. The van der Waals surface area contributed by atoms with Crippen LogP contribution >= 0.6 is 0 Å². The van der Waals surface area contributed by atoms with Crippen LogP contribution in [-0.2, 0) is 0 Å². The van der Waals surface area contributed by atoms with Gasteiger partial charge in [0, 0.05) is 0 Å². The highest BCUT2D eigenvalue weighted by Gasteiger charge is 2.39. The van der Waals surface area contributed by atoms with E-state index in [1.165, 1.54) is 25.7 Å². The molecule has 3 aliphatic carbocycles. The molecule has 0 saturated heterocycles. The summed E-state index contributed by atoms with van der Waals surface area (Å²) in [6.07, 6.45) is 8.24. The second-order valence-electron chi connectivity index (χ2n) is 4.35. The van der Waals surface area contributed by atoms with Gasteiger partial charge >= 0.3 is 0 Å². The van der Waals surface area contributed by atoms with Crippen LogP contribution in [0.3, 0.4) is 0 Å². The normalized spacial score (nSPS) is 39.9. The van der Waals surface area contributed by atoms with Crippen LogP contribution in [0.15, 0.2) is 22.8 Å². The van der Waals surface area contributed by atoms with Gasteiger partial charge in [-0.15, -0.1) is 0 Å². The van der Waals surface area contributed by atoms with Gasteiger partial charge in [0.25, 0.3) is 0 Å². The van der Waals surface area contributed by atoms with Crippen LogP contribution in [0.2, 0.25) is 0 Å². The lowest BCUT2D eigenvalue weighted by Gasteiger charge is -2.11. The van der Waals surface area contributed by atoms with Crippen molar-refractivity contribution in [2.75, 3.05) is 0 Å². The van der Waals surface area contributed by atoms with Crippen molar-refractivity contribution in [3.63, 3.8) is 0 Å². The number of allylic oxidation sites excluding steroid dienone is 4. The number of rotatable bonds is 0. The SMILES string of the molecule is CC1=CC2=C(C1)C1CCC2C1. The number of hydrogen-bond acceptors (Lipinski definition) is 0. The predicted molar refractivity (Wildman–Crippen MR) is 46.2 cm³/mol. The fourth-order valence-corrected chi connectivity index (χ4v) is 3.15. The lowest BCUT2D eigenvalue weighted by Crippen LogP contribution is -1.97. The summed E-state index contributed by atoms with van der Waals surface area (Å²) in [6.45, 7) is 2.28. The molecular weight excluding hydrogens is 132 g/mol. The van der Waals surface area contributed by atoms with Crippen molar-refractivity contribution in [2.24, 2.45) is 11.8 Å². The predicted octanol–water partition coefficient (Wildman–Crippen LogP) is 3.06. The minimum atomic E-state index is 0.979. The van der Waals surface area contributed by atoms with Gasteiger partial charge in [0.15, 0.2) is 0 Å². The van der Waals surface area contributed by atoms with Crippen molar-refractivity contribution in [1.29, 1.82) is 0 Å². The molecule has 1 fully saturated rings. The van der Waals surface area contributed by atoms with Crippen LogP contribution in [0.1, 0.15) is 32.6 Å². The van der Waals surface area contributed by atoms with E-state index in [0.29, 0.717) is 0 Å². The second kappa shape index (κ2) is 1.80. The van der Waals surface area contributed by atoms with E-state index in [0.717, 1.165) is 11.8 Å². The quantitative estimate of drug-likeness (QED) is 0.492. The van der Waals surface area contributed by atoms with Crippen molar-refractivity contribution >= 4 is 0 Å². The standard InChI is InChI=1S/C11H14/c1-7-4-10-8-2-3-9(6-8)11(10)5-7/h4,8-9H,2-3,5-6H2,1H3. The molecule has 0 aromatic rings. The second-order valence-corrected chi connectivity index (χ2v) is 4.35. The summed E-state index contributed by atoms with van der Waals surface area (Å²) >= 11 is 0. The highest BCUT2D eigenvalue weighted by atomic mass is 14.4. The molecule has 0 aromatic carbocycles. The molecule has 2 atom stereocenters. The topological polar surface area (TPSA) is 0 Å². The third kappa shape index (κ3) is 0.654. The van der Waals surface area contributed by atoms with Crippen molar-refractivity contribution in [3.8, 4) is 0 Å². The summed E-state index contributed by atoms with van der Waals surface area (Å²) in [5.41, 5.74) is 5.17. The van der Waals surface area contributed by atoms with E-state index in [1.807, 2.05) is 5.57 Å². The monoisotopic (exact) mass is 146 g/mol. The van der Waals surface area contributed by atoms with Gasteiger partial charge in [-0.25, -0.2) is 0 Å². The Balaban J connectivity index is 2.06. The van der Waals surface area contributed by atoms with E-state index in [4.69, 9.17) is 0 Å². The summed E-state index contributed by atoms with van der Waals surface area (Å²) in [4.78, 5) is 0. The van der Waals surface area contributed by atoms with E-state index in [9.17, 15) is 0 Å². The van der Waals surface area contributed by atoms with Gasteiger partial charge in [0.2, 0.25) is 0 Å². The first-order valence-corrected chi connectivity index (χ1v) is 4.74. The number of fused-ring (bicyclic) bond motifs is 4. The smallest absolute Gasteiger partial charge is 0.00993 e. The summed E-state index contributed by atoms with van der Waals surface area (Å²) in [6, 6.07) is 0. The zero-order valence-electron chi connectivity index (χ0n) is 7.06. The summed E-state index contributed by atoms with van der Waals surface area (Å²) in [5.74, 6) is 1.98. The molecule has 0 N–H and O–H groups in total. The molecule has 0 radical (unpaired) electrons. The average Bonchev–Trinajstić information content (AvgIpc) is 2.53. The van der Waals surface area contributed by atoms with Crippen LogP contribution in [0.4, 0.5) is 0 Å². The molecule has 2 unspecified atom stereocenters. The van der Waals surface area contributed by atoms with Crippen LogP contribution < -0.4 is 0 Å². The molecule has 0 aliphatic heterocycles. The maximum Gasteiger partial charge on any atom is -0.00993 e. The third-order valence-electron chi connectivity index (χ3n) is 3.61. The fraction of sp³-hybridized carbons (Fsp3) is 0.636. The fourth-order valence-electron chi connectivity index (χ4n) is 3.15. The van der Waals surface area contributed by atoms with E-state index in [1.54, 1.807) is 11.1 Å². The molecule has 0 nitrogen and oxygen atoms in total. The van der Waals surface area contributed by atoms with E-state index in [2.05, 4.69) is 13.0 Å². The molecule has 1 saturated carbocycles. The van der Waals surface area contributed by atoms with Crippen LogP contribution in [0, 0.1) is 11.8 Å². The zero-order chi connectivity index (χ0) is 7.42. The van der Waals surface area contributed by atoms with Gasteiger partial charge in [0.1, 0.15) is 0 Å². The number of hydrogen-bond donors (Lipinski definition) is 0. The van der Waals surface area contributed by atoms with Gasteiger partial charge in [-0.2, -0.15) is 0 Å². The maximum absolute atomic E-state index is 2.46. The Bertz CT molecular complexity index is 268. The zero-order valence-corrected chi connectivity index (χ0v) is 7.06. The van der Waals surface area contributed by atoms with Gasteiger partial charge < -0.3 is 0 Å². The summed E-state index contributed by atoms with van der Waals surface area (Å²) < 4.78 is 0. The van der Waals surface area contributed by atoms with Gasteiger partial charge in [-0.1, -0.05) is 17.2 Å². The lowest BCUT2D eigenvalue weighted by molar-refractivity contribution is 0.642.